The molecule has 1 heterocycles. The van der Waals surface area contributed by atoms with Gasteiger partial charge in [0.05, 0.1) is 12.0 Å². The third kappa shape index (κ3) is 2.62. The number of likely N-dealkylation sites (N-methyl/N-ethyl adjacent to an activating group) is 1. The Kier molecular flexibility index (Phi) is 3.08. The molecular weight excluding hydrogens is 186 g/mol. The molecule has 0 aliphatic heterocycles. The minimum absolute atomic E-state index is 1.00. The first-order chi connectivity index (χ1) is 7.36. The molecule has 2 heteroatoms. The second-order valence-electron chi connectivity index (χ2n) is 3.64. The van der Waals surface area contributed by atoms with Crippen molar-refractivity contribution in [3.8, 4) is 0 Å². The van der Waals surface area contributed by atoms with Crippen LogP contribution < -0.4 is 4.90 Å². The van der Waals surface area contributed by atoms with Gasteiger partial charge in [0.2, 0.25) is 0 Å². The normalized spacial score (nSPS) is 10.2. The van der Waals surface area contributed by atoms with Crippen LogP contribution >= 0.6 is 0 Å². The molecule has 2 rings (SSSR count). The van der Waals surface area contributed by atoms with E-state index in [-0.39, 0.29) is 0 Å². The molecule has 0 aliphatic rings. The van der Waals surface area contributed by atoms with Crippen LogP contribution in [0.1, 0.15) is 5.56 Å². The van der Waals surface area contributed by atoms with Crippen LogP contribution in [-0.2, 0) is 6.42 Å². The highest BCUT2D eigenvalue weighted by Gasteiger charge is 2.01. The van der Waals surface area contributed by atoms with Crippen molar-refractivity contribution in [2.45, 2.75) is 6.42 Å². The monoisotopic (exact) mass is 201 g/mol. The standard InChI is InChI=1S/C13H15NO/c1-14(13-8-10-15-11-13)9-7-12-5-3-2-4-6-12/h2-6,8,10-11H,7,9H2,1H3. The summed E-state index contributed by atoms with van der Waals surface area (Å²) < 4.78 is 5.05. The average molecular weight is 201 g/mol. The zero-order valence-corrected chi connectivity index (χ0v) is 8.89. The lowest BCUT2D eigenvalue weighted by molar-refractivity contribution is 0.566. The van der Waals surface area contributed by atoms with Crippen LogP contribution in [0.5, 0.6) is 0 Å². The van der Waals surface area contributed by atoms with E-state index in [0.29, 0.717) is 0 Å². The molecule has 0 aliphatic carbocycles. The van der Waals surface area contributed by atoms with Crippen molar-refractivity contribution < 1.29 is 4.42 Å². The Morgan fingerprint density at radius 3 is 2.60 bits per heavy atom. The first kappa shape index (κ1) is 9.84. The van der Waals surface area contributed by atoms with Crippen LogP contribution in [0.4, 0.5) is 5.69 Å². The summed E-state index contributed by atoms with van der Waals surface area (Å²) in [5, 5.41) is 0. The lowest BCUT2D eigenvalue weighted by atomic mass is 10.1. The summed E-state index contributed by atoms with van der Waals surface area (Å²) in [7, 11) is 2.08. The predicted octanol–water partition coefficient (Wildman–Crippen LogP) is 2.96. The molecule has 0 fully saturated rings. The molecule has 2 nitrogen and oxygen atoms in total. The van der Waals surface area contributed by atoms with Gasteiger partial charge < -0.3 is 9.32 Å². The quantitative estimate of drug-likeness (QED) is 0.756. The van der Waals surface area contributed by atoms with Crippen LogP contribution in [0.3, 0.4) is 0 Å². The van der Waals surface area contributed by atoms with Gasteiger partial charge >= 0.3 is 0 Å². The van der Waals surface area contributed by atoms with Crippen molar-refractivity contribution in [2.75, 3.05) is 18.5 Å². The van der Waals surface area contributed by atoms with E-state index < -0.39 is 0 Å². The van der Waals surface area contributed by atoms with Gasteiger partial charge in [-0.1, -0.05) is 30.3 Å². The largest absolute Gasteiger partial charge is 0.470 e. The van der Waals surface area contributed by atoms with Crippen LogP contribution in [0.15, 0.2) is 53.3 Å². The molecule has 1 aromatic carbocycles. The van der Waals surface area contributed by atoms with Crippen LogP contribution in [0.25, 0.3) is 0 Å². The minimum Gasteiger partial charge on any atom is -0.470 e. The predicted molar refractivity (Wildman–Crippen MR) is 62.1 cm³/mol. The van der Waals surface area contributed by atoms with Gasteiger partial charge in [0, 0.05) is 13.6 Å². The molecule has 2 aromatic rings. The van der Waals surface area contributed by atoms with E-state index in [1.54, 1.807) is 12.5 Å². The molecule has 0 N–H and O–H groups in total. The van der Waals surface area contributed by atoms with Crippen molar-refractivity contribution in [1.29, 1.82) is 0 Å². The number of anilines is 1. The van der Waals surface area contributed by atoms with Gasteiger partial charge in [0.15, 0.2) is 0 Å². The molecule has 0 amide bonds. The van der Waals surface area contributed by atoms with Gasteiger partial charge in [-0.3, -0.25) is 0 Å². The summed E-state index contributed by atoms with van der Waals surface area (Å²) >= 11 is 0. The van der Waals surface area contributed by atoms with E-state index in [9.17, 15) is 0 Å². The van der Waals surface area contributed by atoms with Gasteiger partial charge in [0.1, 0.15) is 6.26 Å². The van der Waals surface area contributed by atoms with Crippen molar-refractivity contribution in [2.24, 2.45) is 0 Å². The molecule has 78 valence electrons. The Balaban J connectivity index is 1.89. The van der Waals surface area contributed by atoms with Crippen molar-refractivity contribution >= 4 is 5.69 Å². The zero-order chi connectivity index (χ0) is 10.5. The maximum absolute atomic E-state index is 5.05. The maximum atomic E-state index is 5.05. The van der Waals surface area contributed by atoms with E-state index in [0.717, 1.165) is 18.7 Å². The van der Waals surface area contributed by atoms with Crippen molar-refractivity contribution in [3.05, 3.63) is 54.5 Å². The van der Waals surface area contributed by atoms with E-state index in [2.05, 4.69) is 36.2 Å². The second kappa shape index (κ2) is 4.69. The average Bonchev–Trinajstić information content (AvgIpc) is 2.81. The zero-order valence-electron chi connectivity index (χ0n) is 8.89. The minimum atomic E-state index is 1.00. The number of benzene rings is 1. The first-order valence-corrected chi connectivity index (χ1v) is 5.13. The maximum Gasteiger partial charge on any atom is 0.114 e. The molecular formula is C13H15NO. The Hall–Kier alpha value is -1.70. The highest BCUT2D eigenvalue weighted by molar-refractivity contribution is 5.41. The molecule has 0 bridgehead atoms. The van der Waals surface area contributed by atoms with Gasteiger partial charge in [-0.15, -0.1) is 0 Å². The molecule has 0 saturated carbocycles. The van der Waals surface area contributed by atoms with Crippen LogP contribution in [-0.4, -0.2) is 13.6 Å². The molecule has 1 aromatic heterocycles. The summed E-state index contributed by atoms with van der Waals surface area (Å²) in [5.41, 5.74) is 2.50. The van der Waals surface area contributed by atoms with E-state index in [1.807, 2.05) is 12.1 Å². The van der Waals surface area contributed by atoms with E-state index in [1.165, 1.54) is 5.56 Å². The number of rotatable bonds is 4. The highest BCUT2D eigenvalue weighted by atomic mass is 16.3. The first-order valence-electron chi connectivity index (χ1n) is 5.13. The number of hydrogen-bond donors (Lipinski definition) is 0. The summed E-state index contributed by atoms with van der Waals surface area (Å²) in [6, 6.07) is 12.5. The Morgan fingerprint density at radius 2 is 1.93 bits per heavy atom. The van der Waals surface area contributed by atoms with Gasteiger partial charge in [-0.25, -0.2) is 0 Å². The molecule has 0 unspecified atom stereocenters. The summed E-state index contributed by atoms with van der Waals surface area (Å²) in [5.74, 6) is 0. The number of furan rings is 1. The van der Waals surface area contributed by atoms with Gasteiger partial charge in [-0.05, 0) is 18.1 Å². The SMILES string of the molecule is CN(CCc1ccccc1)c1ccoc1. The lowest BCUT2D eigenvalue weighted by Crippen LogP contribution is -2.19. The van der Waals surface area contributed by atoms with E-state index in [4.69, 9.17) is 4.42 Å². The summed E-state index contributed by atoms with van der Waals surface area (Å²) in [6.45, 7) is 1.00. The second-order valence-corrected chi connectivity index (χ2v) is 3.64. The fourth-order valence-electron chi connectivity index (χ4n) is 1.55. The van der Waals surface area contributed by atoms with Crippen molar-refractivity contribution in [1.82, 2.24) is 0 Å². The fourth-order valence-corrected chi connectivity index (χ4v) is 1.55. The smallest absolute Gasteiger partial charge is 0.114 e. The Labute approximate surface area is 90.1 Å². The summed E-state index contributed by atoms with van der Waals surface area (Å²) in [6.07, 6.45) is 4.53. The van der Waals surface area contributed by atoms with Gasteiger partial charge in [-0.2, -0.15) is 0 Å². The Morgan fingerprint density at radius 1 is 1.13 bits per heavy atom. The lowest BCUT2D eigenvalue weighted by Gasteiger charge is -2.16. The molecule has 15 heavy (non-hydrogen) atoms. The van der Waals surface area contributed by atoms with Crippen molar-refractivity contribution in [3.63, 3.8) is 0 Å². The van der Waals surface area contributed by atoms with E-state index >= 15 is 0 Å². The highest BCUT2D eigenvalue weighted by Crippen LogP contribution is 2.12. The third-order valence-electron chi connectivity index (χ3n) is 2.53. The topological polar surface area (TPSA) is 16.4 Å². The Bertz CT molecular complexity index is 380. The number of hydrogen-bond acceptors (Lipinski definition) is 2. The third-order valence-corrected chi connectivity index (χ3v) is 2.53. The van der Waals surface area contributed by atoms with Gasteiger partial charge in [0.25, 0.3) is 0 Å². The molecule has 0 saturated heterocycles. The number of nitrogens with zero attached hydrogens (tertiary/aromatic N) is 1. The molecule has 0 spiro atoms. The summed E-state index contributed by atoms with van der Waals surface area (Å²) in [4.78, 5) is 2.19. The van der Waals surface area contributed by atoms with Crippen LogP contribution in [0.2, 0.25) is 0 Å². The molecule has 0 atom stereocenters. The molecule has 0 radical (unpaired) electrons. The van der Waals surface area contributed by atoms with Crippen LogP contribution in [0, 0.1) is 0 Å². The fraction of sp³-hybridized carbons (Fsp3) is 0.231.